The molecule has 0 saturated carbocycles. The van der Waals surface area contributed by atoms with Crippen molar-refractivity contribution >= 4 is 5.91 Å². The molecular weight excluding hydrogens is 335 g/mol. The van der Waals surface area contributed by atoms with Gasteiger partial charge in [-0.3, -0.25) is 4.79 Å². The summed E-state index contributed by atoms with van der Waals surface area (Å²) in [4.78, 5) is 14.5. The molecule has 1 amide bonds. The number of hydrogen-bond donors (Lipinski definition) is 2. The van der Waals surface area contributed by atoms with Crippen LogP contribution in [0.1, 0.15) is 37.8 Å². The van der Waals surface area contributed by atoms with E-state index in [2.05, 4.69) is 10.2 Å². The van der Waals surface area contributed by atoms with Gasteiger partial charge in [0.05, 0.1) is 18.8 Å². The SMILES string of the molecule is Cc1ccc(CNC(=O)C2CCN(CC(O)COC(C)C)CC2)cc1F. The third-order valence-electron chi connectivity index (χ3n) is 4.75. The fraction of sp³-hybridized carbons (Fsp3) is 0.650. The molecule has 1 aliphatic heterocycles. The van der Waals surface area contributed by atoms with Crippen LogP contribution >= 0.6 is 0 Å². The molecule has 1 saturated heterocycles. The Morgan fingerprint density at radius 1 is 1.38 bits per heavy atom. The Bertz CT molecular complexity index is 586. The van der Waals surface area contributed by atoms with Crippen molar-refractivity contribution in [3.8, 4) is 0 Å². The smallest absolute Gasteiger partial charge is 0.223 e. The number of aryl methyl sites for hydroxylation is 1. The van der Waals surface area contributed by atoms with Crippen molar-refractivity contribution in [1.29, 1.82) is 0 Å². The third-order valence-corrected chi connectivity index (χ3v) is 4.75. The summed E-state index contributed by atoms with van der Waals surface area (Å²) in [5.74, 6) is -0.245. The lowest BCUT2D eigenvalue weighted by Gasteiger charge is -2.32. The lowest BCUT2D eigenvalue weighted by molar-refractivity contribution is -0.126. The van der Waals surface area contributed by atoms with E-state index in [1.54, 1.807) is 13.0 Å². The van der Waals surface area contributed by atoms with Gasteiger partial charge >= 0.3 is 0 Å². The Balaban J connectivity index is 1.69. The zero-order valence-electron chi connectivity index (χ0n) is 16.0. The number of carbonyl (C=O) groups excluding carboxylic acids is 1. The van der Waals surface area contributed by atoms with E-state index in [0.29, 0.717) is 25.3 Å². The van der Waals surface area contributed by atoms with E-state index in [1.165, 1.54) is 6.07 Å². The summed E-state index contributed by atoms with van der Waals surface area (Å²) in [5.41, 5.74) is 1.38. The van der Waals surface area contributed by atoms with E-state index in [4.69, 9.17) is 4.74 Å². The molecule has 146 valence electrons. The number of carbonyl (C=O) groups is 1. The van der Waals surface area contributed by atoms with Gasteiger partial charge in [-0.15, -0.1) is 0 Å². The maximum atomic E-state index is 13.6. The first kappa shape index (κ1) is 20.8. The molecule has 1 aromatic rings. The van der Waals surface area contributed by atoms with Gasteiger partial charge in [-0.2, -0.15) is 0 Å². The molecule has 1 atom stereocenters. The average molecular weight is 366 g/mol. The predicted octanol–water partition coefficient (Wildman–Crippen LogP) is 2.25. The summed E-state index contributed by atoms with van der Waals surface area (Å²) >= 11 is 0. The lowest BCUT2D eigenvalue weighted by Crippen LogP contribution is -2.43. The van der Waals surface area contributed by atoms with Gasteiger partial charge in [0.25, 0.3) is 0 Å². The minimum Gasteiger partial charge on any atom is -0.389 e. The number of amides is 1. The van der Waals surface area contributed by atoms with Crippen LogP contribution in [0.2, 0.25) is 0 Å². The van der Waals surface area contributed by atoms with Gasteiger partial charge in [0.1, 0.15) is 5.82 Å². The second-order valence-electron chi connectivity index (χ2n) is 7.41. The van der Waals surface area contributed by atoms with Crippen LogP contribution in [0.25, 0.3) is 0 Å². The first-order valence-corrected chi connectivity index (χ1v) is 9.40. The van der Waals surface area contributed by atoms with Crippen molar-refractivity contribution in [2.75, 3.05) is 26.2 Å². The highest BCUT2D eigenvalue weighted by Crippen LogP contribution is 2.18. The van der Waals surface area contributed by atoms with E-state index >= 15 is 0 Å². The van der Waals surface area contributed by atoms with Crippen molar-refractivity contribution in [3.05, 3.63) is 35.1 Å². The molecule has 0 radical (unpaired) electrons. The lowest BCUT2D eigenvalue weighted by atomic mass is 9.95. The molecule has 1 unspecified atom stereocenters. The van der Waals surface area contributed by atoms with E-state index in [0.717, 1.165) is 31.5 Å². The van der Waals surface area contributed by atoms with Crippen molar-refractivity contribution in [2.24, 2.45) is 5.92 Å². The maximum absolute atomic E-state index is 13.6. The molecule has 1 aliphatic rings. The summed E-state index contributed by atoms with van der Waals surface area (Å²) in [6, 6.07) is 5.03. The number of halogens is 1. The summed E-state index contributed by atoms with van der Waals surface area (Å²) in [6.45, 7) is 8.45. The van der Waals surface area contributed by atoms with E-state index in [-0.39, 0.29) is 23.7 Å². The molecule has 0 aromatic heterocycles. The molecular formula is C20H31FN2O3. The van der Waals surface area contributed by atoms with Crippen LogP contribution in [-0.4, -0.2) is 54.4 Å². The van der Waals surface area contributed by atoms with Crippen molar-refractivity contribution in [2.45, 2.75) is 52.4 Å². The van der Waals surface area contributed by atoms with Crippen molar-refractivity contribution in [1.82, 2.24) is 10.2 Å². The van der Waals surface area contributed by atoms with Crippen LogP contribution in [-0.2, 0) is 16.1 Å². The van der Waals surface area contributed by atoms with Crippen LogP contribution in [0.15, 0.2) is 18.2 Å². The van der Waals surface area contributed by atoms with Gasteiger partial charge in [-0.05, 0) is 63.9 Å². The van der Waals surface area contributed by atoms with Crippen LogP contribution in [0.5, 0.6) is 0 Å². The van der Waals surface area contributed by atoms with Gasteiger partial charge in [-0.1, -0.05) is 12.1 Å². The minimum atomic E-state index is -0.501. The quantitative estimate of drug-likeness (QED) is 0.741. The Morgan fingerprint density at radius 3 is 2.69 bits per heavy atom. The largest absolute Gasteiger partial charge is 0.389 e. The molecule has 0 bridgehead atoms. The number of nitrogens with one attached hydrogen (secondary N) is 1. The first-order chi connectivity index (χ1) is 12.3. The van der Waals surface area contributed by atoms with Crippen LogP contribution < -0.4 is 5.32 Å². The molecule has 1 aromatic carbocycles. The number of rotatable bonds is 8. The van der Waals surface area contributed by atoms with Crippen LogP contribution in [0, 0.1) is 18.7 Å². The van der Waals surface area contributed by atoms with Crippen molar-refractivity contribution < 1.29 is 19.0 Å². The number of nitrogens with zero attached hydrogens (tertiary/aromatic N) is 1. The molecule has 1 fully saturated rings. The zero-order valence-corrected chi connectivity index (χ0v) is 16.0. The van der Waals surface area contributed by atoms with E-state index in [1.807, 2.05) is 19.9 Å². The van der Waals surface area contributed by atoms with Gasteiger partial charge < -0.3 is 20.1 Å². The van der Waals surface area contributed by atoms with Gasteiger partial charge in [-0.25, -0.2) is 4.39 Å². The van der Waals surface area contributed by atoms with E-state index in [9.17, 15) is 14.3 Å². The highest BCUT2D eigenvalue weighted by molar-refractivity contribution is 5.78. The monoisotopic (exact) mass is 366 g/mol. The summed E-state index contributed by atoms with van der Waals surface area (Å²) < 4.78 is 19.0. The standard InChI is InChI=1S/C20H31FN2O3/c1-14(2)26-13-18(24)12-23-8-6-17(7-9-23)20(25)22-11-16-5-4-15(3)19(21)10-16/h4-5,10,14,17-18,24H,6-9,11-13H2,1-3H3,(H,22,25). The molecule has 5 nitrogen and oxygen atoms in total. The zero-order chi connectivity index (χ0) is 19.1. The Hall–Kier alpha value is -1.50. The van der Waals surface area contributed by atoms with Gasteiger partial charge in [0.2, 0.25) is 5.91 Å². The highest BCUT2D eigenvalue weighted by Gasteiger charge is 2.25. The molecule has 0 aliphatic carbocycles. The van der Waals surface area contributed by atoms with Crippen LogP contribution in [0.4, 0.5) is 4.39 Å². The molecule has 1 heterocycles. The number of aliphatic hydroxyl groups excluding tert-OH is 1. The maximum Gasteiger partial charge on any atom is 0.223 e. The second kappa shape index (κ2) is 10.00. The number of hydrogen-bond acceptors (Lipinski definition) is 4. The summed E-state index contributed by atoms with van der Waals surface area (Å²) in [6.07, 6.45) is 1.15. The Morgan fingerprint density at radius 2 is 2.08 bits per heavy atom. The Kier molecular flexibility index (Phi) is 8.00. The molecule has 2 N–H and O–H groups in total. The number of β-amino-alcohol motifs (C(OH)–C–C–N with tert-alkyl or cyclic N) is 1. The molecule has 26 heavy (non-hydrogen) atoms. The number of piperidine rings is 1. The number of likely N-dealkylation sites (tertiary alicyclic amines) is 1. The summed E-state index contributed by atoms with van der Waals surface area (Å²) in [5, 5.41) is 12.9. The second-order valence-corrected chi connectivity index (χ2v) is 7.41. The first-order valence-electron chi connectivity index (χ1n) is 9.40. The minimum absolute atomic E-state index is 0.0225. The van der Waals surface area contributed by atoms with Gasteiger partial charge in [0, 0.05) is 19.0 Å². The van der Waals surface area contributed by atoms with E-state index < -0.39 is 6.10 Å². The topological polar surface area (TPSA) is 61.8 Å². The molecule has 2 rings (SSSR count). The Labute approximate surface area is 155 Å². The fourth-order valence-corrected chi connectivity index (χ4v) is 3.11. The molecule has 0 spiro atoms. The number of benzene rings is 1. The van der Waals surface area contributed by atoms with Gasteiger partial charge in [0.15, 0.2) is 0 Å². The molecule has 6 heteroatoms. The predicted molar refractivity (Wildman–Crippen MR) is 99.2 cm³/mol. The number of ether oxygens (including phenoxy) is 1. The highest BCUT2D eigenvalue weighted by atomic mass is 19.1. The third kappa shape index (κ3) is 6.67. The fourth-order valence-electron chi connectivity index (χ4n) is 3.11. The van der Waals surface area contributed by atoms with Crippen LogP contribution in [0.3, 0.4) is 0 Å². The summed E-state index contributed by atoms with van der Waals surface area (Å²) in [7, 11) is 0. The number of aliphatic hydroxyl groups is 1. The van der Waals surface area contributed by atoms with Crippen molar-refractivity contribution in [3.63, 3.8) is 0 Å². The average Bonchev–Trinajstić information content (AvgIpc) is 2.61. The normalized spacial score (nSPS) is 17.5.